The van der Waals surface area contributed by atoms with E-state index in [1.54, 1.807) is 11.9 Å². The monoisotopic (exact) mass is 491 g/mol. The van der Waals surface area contributed by atoms with Crippen molar-refractivity contribution in [3.63, 3.8) is 0 Å². The fraction of sp³-hybridized carbons (Fsp3) is 0.538. The Morgan fingerprint density at radius 2 is 1.80 bits per heavy atom. The first kappa shape index (κ1) is 25.4. The highest BCUT2D eigenvalue weighted by atomic mass is 19.4. The number of halogens is 3. The zero-order chi connectivity index (χ0) is 25.0. The molecular formula is C26H32F3N3O3. The number of nitrogens with zero attached hydrogens (tertiary/aromatic N) is 3. The number of likely N-dealkylation sites (tertiary alicyclic amines) is 1. The van der Waals surface area contributed by atoms with E-state index in [4.69, 9.17) is 4.74 Å². The number of benzene rings is 1. The molecular weight excluding hydrogens is 459 g/mol. The highest BCUT2D eigenvalue weighted by molar-refractivity contribution is 5.77. The maximum absolute atomic E-state index is 13.4. The zero-order valence-corrected chi connectivity index (χ0v) is 20.1. The molecule has 2 aliphatic rings. The molecule has 9 heteroatoms. The van der Waals surface area contributed by atoms with Gasteiger partial charge in [0.15, 0.2) is 0 Å². The molecule has 1 saturated heterocycles. The minimum Gasteiger partial charge on any atom is -0.404 e. The molecule has 1 unspecified atom stereocenters. The number of ether oxygens (including phenoxy) is 2. The highest BCUT2D eigenvalue weighted by Crippen LogP contribution is 2.31. The van der Waals surface area contributed by atoms with E-state index in [-0.39, 0.29) is 17.9 Å². The van der Waals surface area contributed by atoms with Gasteiger partial charge in [-0.3, -0.25) is 9.78 Å². The van der Waals surface area contributed by atoms with Gasteiger partial charge in [0.1, 0.15) is 11.9 Å². The lowest BCUT2D eigenvalue weighted by Crippen LogP contribution is -2.48. The molecule has 1 aromatic carbocycles. The first-order valence-electron chi connectivity index (χ1n) is 12.0. The van der Waals surface area contributed by atoms with Crippen molar-refractivity contribution >= 4 is 5.91 Å². The second-order valence-electron chi connectivity index (χ2n) is 9.45. The number of rotatable bonds is 9. The second-order valence-corrected chi connectivity index (χ2v) is 9.45. The van der Waals surface area contributed by atoms with Crippen LogP contribution >= 0.6 is 0 Å². The van der Waals surface area contributed by atoms with Gasteiger partial charge in [0.2, 0.25) is 5.91 Å². The van der Waals surface area contributed by atoms with Crippen LogP contribution in [0.1, 0.15) is 42.2 Å². The molecule has 2 atom stereocenters. The van der Waals surface area contributed by atoms with Crippen LogP contribution in [0.5, 0.6) is 5.75 Å². The van der Waals surface area contributed by atoms with Gasteiger partial charge in [-0.1, -0.05) is 24.3 Å². The molecule has 0 N–H and O–H groups in total. The lowest BCUT2D eigenvalue weighted by atomic mass is 9.99. The number of aromatic nitrogens is 1. The summed E-state index contributed by atoms with van der Waals surface area (Å²) in [6.07, 6.45) is 0.0853. The van der Waals surface area contributed by atoms with E-state index in [9.17, 15) is 18.0 Å². The smallest absolute Gasteiger partial charge is 0.404 e. The Morgan fingerprint density at radius 3 is 2.34 bits per heavy atom. The van der Waals surface area contributed by atoms with Crippen molar-refractivity contribution in [3.05, 3.63) is 59.4 Å². The van der Waals surface area contributed by atoms with Crippen molar-refractivity contribution in [3.8, 4) is 5.75 Å². The molecule has 35 heavy (non-hydrogen) atoms. The summed E-state index contributed by atoms with van der Waals surface area (Å²) in [5.41, 5.74) is 3.07. The predicted molar refractivity (Wildman–Crippen MR) is 125 cm³/mol. The van der Waals surface area contributed by atoms with E-state index < -0.39 is 18.2 Å². The first-order valence-corrected chi connectivity index (χ1v) is 12.0. The zero-order valence-electron chi connectivity index (χ0n) is 20.1. The SMILES string of the molecule is CO[C@@H](c1ccc(OC(F)(F)F)cn1)C(CN1CCCC1)N(C)C(=O)CC1Cc2ccccc2C1. The lowest BCUT2D eigenvalue weighted by Gasteiger charge is -2.36. The van der Waals surface area contributed by atoms with Crippen molar-refractivity contribution < 1.29 is 27.4 Å². The van der Waals surface area contributed by atoms with E-state index in [1.807, 2.05) is 12.1 Å². The molecule has 190 valence electrons. The number of alkyl halides is 3. The van der Waals surface area contributed by atoms with Crippen LogP contribution in [0, 0.1) is 5.92 Å². The van der Waals surface area contributed by atoms with Crippen LogP contribution in [0.15, 0.2) is 42.6 Å². The van der Waals surface area contributed by atoms with Crippen molar-refractivity contribution in [1.29, 1.82) is 0 Å². The summed E-state index contributed by atoms with van der Waals surface area (Å²) in [6, 6.07) is 10.7. The summed E-state index contributed by atoms with van der Waals surface area (Å²) in [7, 11) is 3.33. The molecule has 0 saturated carbocycles. The highest BCUT2D eigenvalue weighted by Gasteiger charge is 2.35. The van der Waals surface area contributed by atoms with Gasteiger partial charge in [0, 0.05) is 27.1 Å². The van der Waals surface area contributed by atoms with Crippen molar-refractivity contribution in [2.45, 2.75) is 50.6 Å². The minimum absolute atomic E-state index is 0.0334. The molecule has 1 fully saturated rings. The van der Waals surface area contributed by atoms with Gasteiger partial charge < -0.3 is 19.3 Å². The van der Waals surface area contributed by atoms with Crippen LogP contribution in [0.3, 0.4) is 0 Å². The molecule has 2 heterocycles. The summed E-state index contributed by atoms with van der Waals surface area (Å²) < 4.78 is 47.4. The maximum atomic E-state index is 13.4. The quantitative estimate of drug-likeness (QED) is 0.521. The number of carbonyl (C=O) groups is 1. The Kier molecular flexibility index (Phi) is 7.96. The van der Waals surface area contributed by atoms with Gasteiger partial charge in [0.05, 0.1) is 17.9 Å². The normalized spacial score (nSPS) is 18.3. The van der Waals surface area contributed by atoms with Crippen LogP contribution in [-0.4, -0.2) is 66.9 Å². The van der Waals surface area contributed by atoms with Gasteiger partial charge in [0.25, 0.3) is 0 Å². The third kappa shape index (κ3) is 6.52. The van der Waals surface area contributed by atoms with E-state index in [2.05, 4.69) is 26.8 Å². The number of methoxy groups -OCH3 is 1. The second kappa shape index (κ2) is 11.0. The number of likely N-dealkylation sites (N-methyl/N-ethyl adjacent to an activating group) is 1. The molecule has 6 nitrogen and oxygen atoms in total. The van der Waals surface area contributed by atoms with Crippen molar-refractivity contribution in [2.75, 3.05) is 33.8 Å². The first-order chi connectivity index (χ1) is 16.7. The van der Waals surface area contributed by atoms with Crippen LogP contribution < -0.4 is 4.74 Å². The van der Waals surface area contributed by atoms with Gasteiger partial charge in [-0.25, -0.2) is 0 Å². The fourth-order valence-corrected chi connectivity index (χ4v) is 5.25. The lowest BCUT2D eigenvalue weighted by molar-refractivity contribution is -0.274. The number of hydrogen-bond acceptors (Lipinski definition) is 5. The molecule has 0 spiro atoms. The molecule has 0 radical (unpaired) electrons. The third-order valence-electron chi connectivity index (χ3n) is 7.02. The summed E-state index contributed by atoms with van der Waals surface area (Å²) >= 11 is 0. The Morgan fingerprint density at radius 1 is 1.14 bits per heavy atom. The van der Waals surface area contributed by atoms with Crippen LogP contribution in [0.4, 0.5) is 13.2 Å². The molecule has 2 aromatic rings. The Balaban J connectivity index is 1.49. The summed E-state index contributed by atoms with van der Waals surface area (Å²) in [5.74, 6) is -0.101. The largest absolute Gasteiger partial charge is 0.573 e. The number of fused-ring (bicyclic) bond motifs is 1. The molecule has 1 amide bonds. The van der Waals surface area contributed by atoms with Gasteiger partial charge in [-0.2, -0.15) is 0 Å². The molecule has 0 bridgehead atoms. The average molecular weight is 492 g/mol. The topological polar surface area (TPSA) is 54.9 Å². The van der Waals surface area contributed by atoms with Gasteiger partial charge >= 0.3 is 6.36 Å². The number of amides is 1. The molecule has 1 aliphatic carbocycles. The molecule has 1 aliphatic heterocycles. The number of pyridine rings is 1. The minimum atomic E-state index is -4.78. The molecule has 1 aromatic heterocycles. The fourth-order valence-electron chi connectivity index (χ4n) is 5.25. The van der Waals surface area contributed by atoms with E-state index in [1.165, 1.54) is 30.4 Å². The van der Waals surface area contributed by atoms with Gasteiger partial charge in [-0.15, -0.1) is 13.2 Å². The number of hydrogen-bond donors (Lipinski definition) is 0. The van der Waals surface area contributed by atoms with E-state index >= 15 is 0 Å². The van der Waals surface area contributed by atoms with E-state index in [0.29, 0.717) is 18.7 Å². The van der Waals surface area contributed by atoms with E-state index in [0.717, 1.165) is 45.0 Å². The summed E-state index contributed by atoms with van der Waals surface area (Å²) in [5, 5.41) is 0. The summed E-state index contributed by atoms with van der Waals surface area (Å²) in [4.78, 5) is 21.7. The average Bonchev–Trinajstić information content (AvgIpc) is 3.47. The van der Waals surface area contributed by atoms with Crippen molar-refractivity contribution in [1.82, 2.24) is 14.8 Å². The Hall–Kier alpha value is -2.65. The van der Waals surface area contributed by atoms with Gasteiger partial charge in [-0.05, 0) is 68.0 Å². The Labute approximate surface area is 204 Å². The van der Waals surface area contributed by atoms with Crippen LogP contribution in [0.25, 0.3) is 0 Å². The standard InChI is InChI=1S/C26H32F3N3O3/c1-31(24(33)15-18-13-19-7-3-4-8-20(19)14-18)23(17-32-11-5-6-12-32)25(34-2)22-10-9-21(16-30-22)35-26(27,28)29/h3-4,7-10,16,18,23,25H,5-6,11-15,17H2,1-2H3/t23?,25-/m0/s1. The van der Waals surface area contributed by atoms with Crippen LogP contribution in [-0.2, 0) is 22.4 Å². The summed E-state index contributed by atoms with van der Waals surface area (Å²) in [6.45, 7) is 2.49. The van der Waals surface area contributed by atoms with Crippen molar-refractivity contribution in [2.24, 2.45) is 5.92 Å². The number of carbonyl (C=O) groups excluding carboxylic acids is 1. The third-order valence-corrected chi connectivity index (χ3v) is 7.02. The predicted octanol–water partition coefficient (Wildman–Crippen LogP) is 4.40. The maximum Gasteiger partial charge on any atom is 0.573 e. The molecule has 4 rings (SSSR count). The Bertz CT molecular complexity index is 968. The van der Waals surface area contributed by atoms with Crippen LogP contribution in [0.2, 0.25) is 0 Å².